The number of halogens is 1. The highest BCUT2D eigenvalue weighted by Crippen LogP contribution is 2.35. The zero-order valence-corrected chi connectivity index (χ0v) is 15.6. The lowest BCUT2D eigenvalue weighted by Crippen LogP contribution is -2.41. The normalized spacial score (nSPS) is 14.5. The van der Waals surface area contributed by atoms with Crippen LogP contribution in [0, 0.1) is 5.92 Å². The summed E-state index contributed by atoms with van der Waals surface area (Å²) >= 11 is 3.44. The lowest BCUT2D eigenvalue weighted by Gasteiger charge is -2.19. The number of fused-ring (bicyclic) bond motifs is 1. The standard InChI is InChI=1S/C18H17BrO7/c1-8(15(20)13(17(22)23)16(21)18(24)25)9-3-5-11-10(7-9)4-6-12(26-2)14(11)19/h3-8,13,16,21H,1-2H3,(H,22,23)(H,24,25)/t8?,13-,16+/m0/s1. The van der Waals surface area contributed by atoms with Crippen LogP contribution in [0.5, 0.6) is 5.75 Å². The quantitative estimate of drug-likeness (QED) is 0.583. The number of carboxylic acid groups (broad SMARTS) is 2. The van der Waals surface area contributed by atoms with Crippen LogP contribution in [0.1, 0.15) is 18.4 Å². The maximum absolute atomic E-state index is 12.5. The minimum atomic E-state index is -2.30. The molecule has 0 saturated heterocycles. The zero-order chi connectivity index (χ0) is 19.6. The molecular weight excluding hydrogens is 408 g/mol. The molecule has 0 radical (unpaired) electrons. The highest BCUT2D eigenvalue weighted by atomic mass is 79.9. The number of hydrogen-bond donors (Lipinski definition) is 3. The molecule has 0 heterocycles. The van der Waals surface area contributed by atoms with Crippen LogP contribution in [0.15, 0.2) is 34.8 Å². The van der Waals surface area contributed by atoms with E-state index < -0.39 is 35.7 Å². The number of aliphatic hydroxyl groups is 1. The molecule has 0 fully saturated rings. The molecule has 2 aromatic rings. The van der Waals surface area contributed by atoms with Gasteiger partial charge in [-0.2, -0.15) is 0 Å². The molecule has 0 saturated carbocycles. The van der Waals surface area contributed by atoms with Crippen LogP contribution in [-0.4, -0.2) is 46.3 Å². The minimum absolute atomic E-state index is 0.517. The van der Waals surface area contributed by atoms with Crippen LogP contribution in [0.25, 0.3) is 10.8 Å². The maximum Gasteiger partial charge on any atom is 0.333 e. The number of carbonyl (C=O) groups is 3. The van der Waals surface area contributed by atoms with E-state index >= 15 is 0 Å². The van der Waals surface area contributed by atoms with Crippen molar-refractivity contribution in [1.82, 2.24) is 0 Å². The predicted molar refractivity (Wildman–Crippen MR) is 96.4 cm³/mol. The van der Waals surface area contributed by atoms with Crippen LogP contribution in [-0.2, 0) is 14.4 Å². The van der Waals surface area contributed by atoms with Crippen molar-refractivity contribution >= 4 is 44.4 Å². The number of carbonyl (C=O) groups excluding carboxylic acids is 1. The summed E-state index contributed by atoms with van der Waals surface area (Å²) in [5.74, 6) is -6.61. The molecule has 0 aliphatic heterocycles. The van der Waals surface area contributed by atoms with E-state index in [1.165, 1.54) is 6.92 Å². The van der Waals surface area contributed by atoms with E-state index in [1.807, 2.05) is 0 Å². The van der Waals surface area contributed by atoms with Gasteiger partial charge in [0.05, 0.1) is 11.6 Å². The van der Waals surface area contributed by atoms with Gasteiger partial charge in [0, 0.05) is 5.92 Å². The third-order valence-corrected chi connectivity index (χ3v) is 5.05. The van der Waals surface area contributed by atoms with Gasteiger partial charge in [-0.1, -0.05) is 31.2 Å². The first-order valence-electron chi connectivity index (χ1n) is 7.62. The summed E-state index contributed by atoms with van der Waals surface area (Å²) in [4.78, 5) is 34.7. The number of carboxylic acids is 2. The average molecular weight is 425 g/mol. The lowest BCUT2D eigenvalue weighted by atomic mass is 9.85. The zero-order valence-electron chi connectivity index (χ0n) is 14.0. The van der Waals surface area contributed by atoms with Gasteiger partial charge in [0.25, 0.3) is 0 Å². The first-order valence-corrected chi connectivity index (χ1v) is 8.41. The number of ketones is 1. The average Bonchev–Trinajstić information content (AvgIpc) is 2.60. The number of benzene rings is 2. The molecule has 0 spiro atoms. The van der Waals surface area contributed by atoms with Crippen LogP contribution in [0.4, 0.5) is 0 Å². The van der Waals surface area contributed by atoms with Crippen LogP contribution in [0.3, 0.4) is 0 Å². The Morgan fingerprint density at radius 1 is 1.08 bits per heavy atom. The fourth-order valence-electron chi connectivity index (χ4n) is 2.71. The van der Waals surface area contributed by atoms with E-state index in [2.05, 4.69) is 15.9 Å². The molecule has 3 atom stereocenters. The van der Waals surface area contributed by atoms with Crippen molar-refractivity contribution < 1.29 is 34.4 Å². The molecule has 8 heteroatoms. The molecule has 0 aliphatic rings. The molecule has 2 rings (SSSR count). The van der Waals surface area contributed by atoms with E-state index in [-0.39, 0.29) is 0 Å². The van der Waals surface area contributed by atoms with E-state index in [0.717, 1.165) is 15.2 Å². The summed E-state index contributed by atoms with van der Waals surface area (Å²) in [6.07, 6.45) is -2.30. The van der Waals surface area contributed by atoms with Gasteiger partial charge in [0.1, 0.15) is 5.75 Å². The van der Waals surface area contributed by atoms with Gasteiger partial charge in [0.15, 0.2) is 17.8 Å². The summed E-state index contributed by atoms with van der Waals surface area (Å²) in [6.45, 7) is 1.48. The third kappa shape index (κ3) is 3.71. The smallest absolute Gasteiger partial charge is 0.333 e. The second-order valence-electron chi connectivity index (χ2n) is 5.79. The van der Waals surface area contributed by atoms with Gasteiger partial charge >= 0.3 is 11.9 Å². The molecule has 3 N–H and O–H groups in total. The first kappa shape index (κ1) is 19.9. The molecule has 26 heavy (non-hydrogen) atoms. The second kappa shape index (κ2) is 7.84. The van der Waals surface area contributed by atoms with Crippen molar-refractivity contribution in [2.75, 3.05) is 7.11 Å². The number of hydrogen-bond acceptors (Lipinski definition) is 5. The lowest BCUT2D eigenvalue weighted by molar-refractivity contribution is -0.163. The Balaban J connectivity index is 2.42. The molecule has 0 bridgehead atoms. The molecule has 7 nitrogen and oxygen atoms in total. The van der Waals surface area contributed by atoms with Gasteiger partial charge in [0.2, 0.25) is 0 Å². The minimum Gasteiger partial charge on any atom is -0.496 e. The monoisotopic (exact) mass is 424 g/mol. The fourth-order valence-corrected chi connectivity index (χ4v) is 3.36. The topological polar surface area (TPSA) is 121 Å². The van der Waals surface area contributed by atoms with Crippen molar-refractivity contribution in [3.8, 4) is 5.75 Å². The predicted octanol–water partition coefficient (Wildman–Crippen LogP) is 2.43. The van der Waals surface area contributed by atoms with Gasteiger partial charge < -0.3 is 20.1 Å². The largest absolute Gasteiger partial charge is 0.496 e. The van der Waals surface area contributed by atoms with Gasteiger partial charge in [-0.25, -0.2) is 4.79 Å². The van der Waals surface area contributed by atoms with Crippen molar-refractivity contribution in [2.45, 2.75) is 18.9 Å². The molecule has 138 valence electrons. The number of aliphatic hydroxyl groups excluding tert-OH is 1. The summed E-state index contributed by atoms with van der Waals surface area (Å²) in [5.41, 5.74) is 0.517. The van der Waals surface area contributed by atoms with Crippen molar-refractivity contribution in [2.24, 2.45) is 5.92 Å². The molecule has 1 unspecified atom stereocenters. The van der Waals surface area contributed by atoms with Crippen LogP contribution in [0.2, 0.25) is 0 Å². The fraction of sp³-hybridized carbons (Fsp3) is 0.278. The molecule has 0 aliphatic carbocycles. The van der Waals surface area contributed by atoms with E-state index in [0.29, 0.717) is 11.3 Å². The van der Waals surface area contributed by atoms with Gasteiger partial charge in [-0.15, -0.1) is 0 Å². The van der Waals surface area contributed by atoms with E-state index in [1.54, 1.807) is 37.4 Å². The second-order valence-corrected chi connectivity index (χ2v) is 6.58. The summed E-state index contributed by atoms with van der Waals surface area (Å²) in [6, 6.07) is 8.66. The number of aliphatic carboxylic acids is 2. The summed E-state index contributed by atoms with van der Waals surface area (Å²) in [5, 5.41) is 29.2. The Morgan fingerprint density at radius 3 is 2.27 bits per heavy atom. The molecule has 2 aromatic carbocycles. The van der Waals surface area contributed by atoms with E-state index in [9.17, 15) is 19.5 Å². The first-order chi connectivity index (χ1) is 12.2. The summed E-state index contributed by atoms with van der Waals surface area (Å²) < 4.78 is 5.97. The summed E-state index contributed by atoms with van der Waals surface area (Å²) in [7, 11) is 1.54. The van der Waals surface area contributed by atoms with Crippen molar-refractivity contribution in [1.29, 1.82) is 0 Å². The third-order valence-electron chi connectivity index (χ3n) is 4.23. The SMILES string of the molecule is COc1ccc2cc(C(C)C(=O)[C@H](C(=O)O)[C@@H](O)C(=O)O)ccc2c1Br. The van der Waals surface area contributed by atoms with Gasteiger partial charge in [-0.3, -0.25) is 9.59 Å². The Bertz CT molecular complexity index is 877. The number of ether oxygens (including phenoxy) is 1. The number of Topliss-reactive ketones (excluding diaryl/α,β-unsaturated/α-hetero) is 1. The maximum atomic E-state index is 12.5. The Morgan fingerprint density at radius 2 is 1.73 bits per heavy atom. The molecular formula is C18H17BrO7. The Kier molecular flexibility index (Phi) is 5.99. The van der Waals surface area contributed by atoms with E-state index in [4.69, 9.17) is 14.9 Å². The number of rotatable bonds is 7. The highest BCUT2D eigenvalue weighted by molar-refractivity contribution is 9.10. The van der Waals surface area contributed by atoms with Crippen molar-refractivity contribution in [3.63, 3.8) is 0 Å². The highest BCUT2D eigenvalue weighted by Gasteiger charge is 2.40. The van der Waals surface area contributed by atoms with Crippen LogP contribution < -0.4 is 4.74 Å². The molecule has 0 amide bonds. The Labute approximate surface area is 157 Å². The number of methoxy groups -OCH3 is 1. The Hall–Kier alpha value is -2.45. The molecule has 0 aromatic heterocycles. The van der Waals surface area contributed by atoms with Crippen LogP contribution >= 0.6 is 15.9 Å². The van der Waals surface area contributed by atoms with Crippen molar-refractivity contribution in [3.05, 3.63) is 40.4 Å². The van der Waals surface area contributed by atoms with Gasteiger partial charge in [-0.05, 0) is 38.3 Å².